The lowest BCUT2D eigenvalue weighted by Crippen LogP contribution is -2.58. The van der Waals surface area contributed by atoms with Gasteiger partial charge in [0.2, 0.25) is 23.2 Å². The topological polar surface area (TPSA) is 220 Å². The number of benzene rings is 2. The molecular formula is C22H22O13. The van der Waals surface area contributed by atoms with Crippen LogP contribution in [0, 0.1) is 0 Å². The third kappa shape index (κ3) is 3.89. The molecule has 35 heavy (non-hydrogen) atoms. The second-order valence-electron chi connectivity index (χ2n) is 7.90. The first-order valence-corrected chi connectivity index (χ1v) is 10.2. The smallest absolute Gasteiger partial charge is 0.239 e. The maximum Gasteiger partial charge on any atom is 0.239 e. The highest BCUT2D eigenvalue weighted by Crippen LogP contribution is 2.45. The van der Waals surface area contributed by atoms with E-state index in [-0.39, 0.29) is 11.3 Å². The number of hydrogen-bond donors (Lipinski definition) is 8. The van der Waals surface area contributed by atoms with Crippen LogP contribution in [-0.2, 0) is 4.74 Å². The fourth-order valence-electron chi connectivity index (χ4n) is 3.75. The van der Waals surface area contributed by atoms with Gasteiger partial charge in [-0.2, -0.15) is 0 Å². The molecule has 1 saturated heterocycles. The molecule has 4 rings (SSSR count). The van der Waals surface area contributed by atoms with Crippen LogP contribution in [-0.4, -0.2) is 78.7 Å². The molecule has 2 aromatic carbocycles. The van der Waals surface area contributed by atoms with Crippen LogP contribution in [0.4, 0.5) is 0 Å². The number of phenols is 5. The van der Waals surface area contributed by atoms with Crippen LogP contribution in [0.15, 0.2) is 27.4 Å². The third-order valence-corrected chi connectivity index (χ3v) is 5.62. The molecule has 0 amide bonds. The maximum atomic E-state index is 13.5. The van der Waals surface area contributed by atoms with Gasteiger partial charge >= 0.3 is 0 Å². The summed E-state index contributed by atoms with van der Waals surface area (Å²) in [6, 6.07) is 2.66. The molecule has 13 nitrogen and oxygen atoms in total. The van der Waals surface area contributed by atoms with Crippen LogP contribution in [0.3, 0.4) is 0 Å². The van der Waals surface area contributed by atoms with Crippen molar-refractivity contribution < 1.29 is 59.5 Å². The summed E-state index contributed by atoms with van der Waals surface area (Å²) < 4.78 is 21.7. The van der Waals surface area contributed by atoms with Crippen molar-refractivity contribution in [3.63, 3.8) is 0 Å². The Kier molecular flexibility index (Phi) is 6.02. The van der Waals surface area contributed by atoms with Crippen molar-refractivity contribution >= 4 is 11.0 Å². The largest absolute Gasteiger partial charge is 0.507 e. The molecule has 5 atom stereocenters. The lowest BCUT2D eigenvalue weighted by molar-refractivity contribution is -0.268. The van der Waals surface area contributed by atoms with Crippen molar-refractivity contribution in [3.8, 4) is 51.6 Å². The molecule has 1 aliphatic heterocycles. The van der Waals surface area contributed by atoms with Gasteiger partial charge in [0, 0.05) is 11.6 Å². The van der Waals surface area contributed by atoms with Crippen LogP contribution >= 0.6 is 0 Å². The molecule has 3 aromatic rings. The Bertz CT molecular complexity index is 1320. The highest BCUT2D eigenvalue weighted by molar-refractivity contribution is 5.93. The highest BCUT2D eigenvalue weighted by atomic mass is 16.7. The van der Waals surface area contributed by atoms with Crippen molar-refractivity contribution in [1.82, 2.24) is 0 Å². The van der Waals surface area contributed by atoms with Gasteiger partial charge in [-0.05, 0) is 19.1 Å². The number of aliphatic hydroxyl groups excluding tert-OH is 3. The lowest BCUT2D eigenvalue weighted by atomic mass is 10.00. The number of aromatic hydroxyl groups is 5. The minimum atomic E-state index is -1.83. The standard InChI is InChI=1S/C22H22O13/c1-6-13(27)16(30)17(31)22(33-6)35-21-15(29)12-8(23)5-11(26)19(32-2)20(12)34-18(21)7-3-9(24)14(28)10(25)4-7/h3-6,13,16-17,22-28,30-31H,1-2H3/t6-,13-,16+,17-,22-/m0/s1. The van der Waals surface area contributed by atoms with Gasteiger partial charge in [0.15, 0.2) is 34.3 Å². The Morgan fingerprint density at radius 2 is 1.46 bits per heavy atom. The first-order valence-electron chi connectivity index (χ1n) is 10.2. The van der Waals surface area contributed by atoms with Crippen molar-refractivity contribution in [2.45, 2.75) is 37.6 Å². The van der Waals surface area contributed by atoms with Crippen LogP contribution in [0.25, 0.3) is 22.3 Å². The predicted molar refractivity (Wildman–Crippen MR) is 116 cm³/mol. The van der Waals surface area contributed by atoms with Crippen LogP contribution in [0.1, 0.15) is 6.92 Å². The van der Waals surface area contributed by atoms with Gasteiger partial charge in [-0.1, -0.05) is 0 Å². The first kappa shape index (κ1) is 24.2. The number of phenolic OH excluding ortho intramolecular Hbond substituents is 5. The van der Waals surface area contributed by atoms with E-state index in [9.17, 15) is 45.6 Å². The number of methoxy groups -OCH3 is 1. The van der Waals surface area contributed by atoms with E-state index in [0.29, 0.717) is 0 Å². The summed E-state index contributed by atoms with van der Waals surface area (Å²) in [6.45, 7) is 1.38. The van der Waals surface area contributed by atoms with Gasteiger partial charge in [0.1, 0.15) is 29.4 Å². The molecule has 8 N–H and O–H groups in total. The van der Waals surface area contributed by atoms with E-state index >= 15 is 0 Å². The molecule has 0 saturated carbocycles. The normalized spacial score (nSPS) is 24.4. The second-order valence-corrected chi connectivity index (χ2v) is 7.90. The Morgan fingerprint density at radius 1 is 0.829 bits per heavy atom. The molecule has 1 aliphatic rings. The van der Waals surface area contributed by atoms with Crippen LogP contribution in [0.2, 0.25) is 0 Å². The van der Waals surface area contributed by atoms with E-state index in [1.165, 1.54) is 6.92 Å². The molecule has 1 aromatic heterocycles. The van der Waals surface area contributed by atoms with Crippen molar-refractivity contribution in [3.05, 3.63) is 28.4 Å². The molecule has 0 radical (unpaired) electrons. The summed E-state index contributed by atoms with van der Waals surface area (Å²) in [5.41, 5.74) is -1.69. The molecule has 13 heteroatoms. The van der Waals surface area contributed by atoms with Crippen molar-refractivity contribution in [2.75, 3.05) is 7.11 Å². The van der Waals surface area contributed by atoms with E-state index in [1.807, 2.05) is 0 Å². The zero-order valence-electron chi connectivity index (χ0n) is 18.2. The van der Waals surface area contributed by atoms with E-state index in [2.05, 4.69) is 0 Å². The predicted octanol–water partition coefficient (Wildman–Crippen LogP) is 0.203. The summed E-state index contributed by atoms with van der Waals surface area (Å²) in [5.74, 6) is -5.27. The summed E-state index contributed by atoms with van der Waals surface area (Å²) in [6.07, 6.45) is -7.72. The Hall–Kier alpha value is -3.91. The molecule has 188 valence electrons. The average molecular weight is 494 g/mol. The van der Waals surface area contributed by atoms with Crippen LogP contribution < -0.4 is 14.9 Å². The number of fused-ring (bicyclic) bond motifs is 1. The third-order valence-electron chi connectivity index (χ3n) is 5.62. The zero-order chi connectivity index (χ0) is 25.8. The first-order chi connectivity index (χ1) is 16.5. The minimum Gasteiger partial charge on any atom is -0.507 e. The number of rotatable bonds is 4. The molecule has 0 spiro atoms. The van der Waals surface area contributed by atoms with E-state index < -0.39 is 87.4 Å². The SMILES string of the molecule is COc1c(O)cc(O)c2c(=O)c(O[C@@H]3O[C@@H](C)[C@H](O)[C@@H](O)[C@@H]3O)c(-c3cc(O)c(O)c(O)c3)oc12. The number of hydrogen-bond acceptors (Lipinski definition) is 13. The Labute approximate surface area is 195 Å². The Morgan fingerprint density at radius 3 is 2.06 bits per heavy atom. The molecule has 2 heterocycles. The molecule has 0 bridgehead atoms. The van der Waals surface area contributed by atoms with Crippen molar-refractivity contribution in [1.29, 1.82) is 0 Å². The molecule has 1 fully saturated rings. The van der Waals surface area contributed by atoms with Gasteiger partial charge in [0.25, 0.3) is 0 Å². The summed E-state index contributed by atoms with van der Waals surface area (Å²) in [4.78, 5) is 13.5. The zero-order valence-corrected chi connectivity index (χ0v) is 18.2. The summed E-state index contributed by atoms with van der Waals surface area (Å²) >= 11 is 0. The summed E-state index contributed by atoms with van der Waals surface area (Å²) in [5, 5.41) is 79.9. The van der Waals surface area contributed by atoms with Gasteiger partial charge in [-0.15, -0.1) is 0 Å². The molecule has 0 aliphatic carbocycles. The van der Waals surface area contributed by atoms with Gasteiger partial charge in [-0.25, -0.2) is 0 Å². The van der Waals surface area contributed by atoms with E-state index in [4.69, 9.17) is 18.6 Å². The van der Waals surface area contributed by atoms with E-state index in [1.54, 1.807) is 0 Å². The van der Waals surface area contributed by atoms with E-state index in [0.717, 1.165) is 25.3 Å². The maximum absolute atomic E-state index is 13.5. The van der Waals surface area contributed by atoms with Gasteiger partial charge < -0.3 is 59.5 Å². The average Bonchev–Trinajstić information content (AvgIpc) is 2.80. The van der Waals surface area contributed by atoms with Crippen LogP contribution in [0.5, 0.6) is 40.2 Å². The quantitative estimate of drug-likeness (QED) is 0.228. The molecule has 0 unspecified atom stereocenters. The minimum absolute atomic E-state index is 0.212. The number of aliphatic hydroxyl groups is 3. The van der Waals surface area contributed by atoms with Gasteiger partial charge in [0.05, 0.1) is 13.2 Å². The highest BCUT2D eigenvalue weighted by Gasteiger charge is 2.44. The van der Waals surface area contributed by atoms with Crippen molar-refractivity contribution in [2.24, 2.45) is 0 Å². The Balaban J connectivity index is 2.01. The summed E-state index contributed by atoms with van der Waals surface area (Å²) in [7, 11) is 1.16. The molecular weight excluding hydrogens is 472 g/mol. The monoisotopic (exact) mass is 494 g/mol. The lowest BCUT2D eigenvalue weighted by Gasteiger charge is -2.38. The van der Waals surface area contributed by atoms with Gasteiger partial charge in [-0.3, -0.25) is 4.79 Å². The fraction of sp³-hybridized carbons (Fsp3) is 0.318. The number of ether oxygens (including phenoxy) is 3. The fourth-order valence-corrected chi connectivity index (χ4v) is 3.75. The second kappa shape index (κ2) is 8.70.